The Morgan fingerprint density at radius 1 is 1.56 bits per heavy atom. The molecule has 0 amide bonds. The van der Waals surface area contributed by atoms with E-state index in [0.29, 0.717) is 11.9 Å². The molecule has 0 bridgehead atoms. The molecule has 0 saturated heterocycles. The van der Waals surface area contributed by atoms with Gasteiger partial charge in [0, 0.05) is 12.6 Å². The Hall–Kier alpha value is -0.840. The lowest BCUT2D eigenvalue weighted by Gasteiger charge is -2.21. The van der Waals surface area contributed by atoms with Gasteiger partial charge in [-0.2, -0.15) is 4.98 Å². The number of rotatable bonds is 5. The van der Waals surface area contributed by atoms with Gasteiger partial charge in [-0.3, -0.25) is 0 Å². The zero-order chi connectivity index (χ0) is 11.5. The number of nitrogens with zero attached hydrogens (tertiary/aromatic N) is 3. The molecule has 1 fully saturated rings. The van der Waals surface area contributed by atoms with Crippen LogP contribution >= 0.6 is 15.9 Å². The van der Waals surface area contributed by atoms with E-state index >= 15 is 0 Å². The summed E-state index contributed by atoms with van der Waals surface area (Å²) < 4.78 is 5.99. The molecule has 0 spiro atoms. The van der Waals surface area contributed by atoms with Crippen LogP contribution in [0.25, 0.3) is 0 Å². The fourth-order valence-electron chi connectivity index (χ4n) is 1.70. The van der Waals surface area contributed by atoms with Gasteiger partial charge in [-0.15, -0.1) is 0 Å². The normalized spacial score (nSPS) is 14.9. The van der Waals surface area contributed by atoms with Crippen LogP contribution in [-0.2, 0) is 0 Å². The SMILES string of the molecule is CCCN(c1ncc(Br)c(OC)n1)C1CC1. The van der Waals surface area contributed by atoms with Crippen molar-refractivity contribution in [2.75, 3.05) is 18.6 Å². The Morgan fingerprint density at radius 3 is 2.88 bits per heavy atom. The van der Waals surface area contributed by atoms with E-state index in [1.807, 2.05) is 0 Å². The Kier molecular flexibility index (Phi) is 3.63. The molecule has 1 aromatic heterocycles. The molecule has 0 atom stereocenters. The van der Waals surface area contributed by atoms with E-state index in [1.165, 1.54) is 12.8 Å². The van der Waals surface area contributed by atoms with Crippen LogP contribution in [0.1, 0.15) is 26.2 Å². The van der Waals surface area contributed by atoms with Gasteiger partial charge in [0.05, 0.1) is 17.8 Å². The predicted octanol–water partition coefficient (Wildman–Crippen LogP) is 2.63. The van der Waals surface area contributed by atoms with Gasteiger partial charge in [0.2, 0.25) is 11.8 Å². The summed E-state index contributed by atoms with van der Waals surface area (Å²) in [6.07, 6.45) is 5.37. The predicted molar refractivity (Wildman–Crippen MR) is 66.9 cm³/mol. The van der Waals surface area contributed by atoms with E-state index in [1.54, 1.807) is 13.3 Å². The molecule has 1 aromatic rings. The Labute approximate surface area is 104 Å². The molecule has 0 aromatic carbocycles. The molecule has 2 rings (SSSR count). The van der Waals surface area contributed by atoms with Gasteiger partial charge in [-0.05, 0) is 35.2 Å². The summed E-state index contributed by atoms with van der Waals surface area (Å²) in [7, 11) is 1.62. The zero-order valence-electron chi connectivity index (χ0n) is 9.61. The second kappa shape index (κ2) is 4.99. The molecule has 5 heteroatoms. The zero-order valence-corrected chi connectivity index (χ0v) is 11.2. The topological polar surface area (TPSA) is 38.2 Å². The van der Waals surface area contributed by atoms with E-state index in [-0.39, 0.29) is 0 Å². The minimum absolute atomic E-state index is 0.603. The molecule has 4 nitrogen and oxygen atoms in total. The first kappa shape index (κ1) is 11.6. The first-order chi connectivity index (χ1) is 7.76. The first-order valence-electron chi connectivity index (χ1n) is 5.59. The summed E-state index contributed by atoms with van der Waals surface area (Å²) in [5.74, 6) is 1.39. The molecule has 1 saturated carbocycles. The van der Waals surface area contributed by atoms with Crippen molar-refractivity contribution in [1.29, 1.82) is 0 Å². The number of methoxy groups -OCH3 is 1. The summed E-state index contributed by atoms with van der Waals surface area (Å²) in [6, 6.07) is 0.630. The molecular formula is C11H16BrN3O. The van der Waals surface area contributed by atoms with Gasteiger partial charge < -0.3 is 9.64 Å². The number of ether oxygens (including phenoxy) is 1. The van der Waals surface area contributed by atoms with Crippen molar-refractivity contribution in [2.24, 2.45) is 0 Å². The Balaban J connectivity index is 2.23. The summed E-state index contributed by atoms with van der Waals surface area (Å²) in [6.45, 7) is 3.18. The van der Waals surface area contributed by atoms with Crippen LogP contribution in [0.5, 0.6) is 5.88 Å². The van der Waals surface area contributed by atoms with Gasteiger partial charge in [0.15, 0.2) is 0 Å². The number of hydrogen-bond acceptors (Lipinski definition) is 4. The van der Waals surface area contributed by atoms with Crippen LogP contribution in [0.2, 0.25) is 0 Å². The summed E-state index contributed by atoms with van der Waals surface area (Å²) >= 11 is 3.36. The molecule has 0 radical (unpaired) electrons. The molecule has 1 heterocycles. The van der Waals surface area contributed by atoms with Gasteiger partial charge in [0.25, 0.3) is 0 Å². The highest BCUT2D eigenvalue weighted by Gasteiger charge is 2.30. The van der Waals surface area contributed by atoms with Crippen molar-refractivity contribution < 1.29 is 4.74 Å². The third-order valence-electron chi connectivity index (χ3n) is 2.60. The number of halogens is 1. The minimum atomic E-state index is 0.603. The summed E-state index contributed by atoms with van der Waals surface area (Å²) in [5.41, 5.74) is 0. The first-order valence-corrected chi connectivity index (χ1v) is 6.38. The smallest absolute Gasteiger partial charge is 0.232 e. The van der Waals surface area contributed by atoms with E-state index in [2.05, 4.69) is 37.7 Å². The summed E-state index contributed by atoms with van der Waals surface area (Å²) in [5, 5.41) is 0. The van der Waals surface area contributed by atoms with Crippen molar-refractivity contribution in [1.82, 2.24) is 9.97 Å². The van der Waals surface area contributed by atoms with Crippen molar-refractivity contribution in [3.05, 3.63) is 10.7 Å². The average Bonchev–Trinajstić information content (AvgIpc) is 3.11. The van der Waals surface area contributed by atoms with Crippen LogP contribution in [0.15, 0.2) is 10.7 Å². The molecule has 0 unspecified atom stereocenters. The maximum atomic E-state index is 5.19. The fourth-order valence-corrected chi connectivity index (χ4v) is 2.05. The maximum absolute atomic E-state index is 5.19. The average molecular weight is 286 g/mol. The van der Waals surface area contributed by atoms with Crippen LogP contribution < -0.4 is 9.64 Å². The quantitative estimate of drug-likeness (QED) is 0.834. The van der Waals surface area contributed by atoms with Crippen molar-refractivity contribution in [3.8, 4) is 5.88 Å². The molecule has 0 aliphatic heterocycles. The summed E-state index contributed by atoms with van der Waals surface area (Å²) in [4.78, 5) is 11.0. The van der Waals surface area contributed by atoms with Gasteiger partial charge in [0.1, 0.15) is 0 Å². The minimum Gasteiger partial charge on any atom is -0.480 e. The monoisotopic (exact) mass is 285 g/mol. The lowest BCUT2D eigenvalue weighted by Crippen LogP contribution is -2.28. The van der Waals surface area contributed by atoms with Crippen LogP contribution in [0.3, 0.4) is 0 Å². The molecule has 1 aliphatic carbocycles. The van der Waals surface area contributed by atoms with Gasteiger partial charge >= 0.3 is 0 Å². The highest BCUT2D eigenvalue weighted by molar-refractivity contribution is 9.10. The fraction of sp³-hybridized carbons (Fsp3) is 0.636. The molecule has 0 N–H and O–H groups in total. The lowest BCUT2D eigenvalue weighted by atomic mass is 10.4. The molecular weight excluding hydrogens is 270 g/mol. The maximum Gasteiger partial charge on any atom is 0.232 e. The van der Waals surface area contributed by atoms with Gasteiger partial charge in [-0.25, -0.2) is 4.98 Å². The standard InChI is InChI=1S/C11H16BrN3O/c1-3-6-15(8-4-5-8)11-13-7-9(12)10(14-11)16-2/h7-8H,3-6H2,1-2H3. The van der Waals surface area contributed by atoms with Crippen LogP contribution in [-0.4, -0.2) is 29.7 Å². The Bertz CT molecular complexity index is 368. The second-order valence-corrected chi connectivity index (χ2v) is 4.81. The molecule has 88 valence electrons. The van der Waals surface area contributed by atoms with Crippen LogP contribution in [0.4, 0.5) is 5.95 Å². The third kappa shape index (κ3) is 2.45. The Morgan fingerprint density at radius 2 is 2.31 bits per heavy atom. The van der Waals surface area contributed by atoms with Gasteiger partial charge in [-0.1, -0.05) is 6.92 Å². The number of hydrogen-bond donors (Lipinski definition) is 0. The molecule has 16 heavy (non-hydrogen) atoms. The van der Waals surface area contributed by atoms with E-state index in [9.17, 15) is 0 Å². The lowest BCUT2D eigenvalue weighted by molar-refractivity contribution is 0.393. The third-order valence-corrected chi connectivity index (χ3v) is 3.15. The second-order valence-electron chi connectivity index (χ2n) is 3.95. The van der Waals surface area contributed by atoms with E-state index in [0.717, 1.165) is 23.4 Å². The van der Waals surface area contributed by atoms with E-state index < -0.39 is 0 Å². The highest BCUT2D eigenvalue weighted by Crippen LogP contribution is 2.31. The molecule has 1 aliphatic rings. The highest BCUT2D eigenvalue weighted by atomic mass is 79.9. The van der Waals surface area contributed by atoms with E-state index in [4.69, 9.17) is 4.74 Å². The van der Waals surface area contributed by atoms with Crippen LogP contribution in [0, 0.1) is 0 Å². The largest absolute Gasteiger partial charge is 0.480 e. The van der Waals surface area contributed by atoms with Crippen molar-refractivity contribution in [2.45, 2.75) is 32.2 Å². The van der Waals surface area contributed by atoms with Crippen molar-refractivity contribution >= 4 is 21.9 Å². The van der Waals surface area contributed by atoms with Crippen molar-refractivity contribution in [3.63, 3.8) is 0 Å². The number of aromatic nitrogens is 2. The number of anilines is 1.